The third kappa shape index (κ3) is 2.26. The van der Waals surface area contributed by atoms with E-state index in [0.717, 1.165) is 26.9 Å². The molecule has 0 bridgehead atoms. The first-order chi connectivity index (χ1) is 11.3. The van der Waals surface area contributed by atoms with Crippen molar-refractivity contribution < 1.29 is 24.3 Å². The van der Waals surface area contributed by atoms with E-state index in [1.54, 1.807) is 24.3 Å². The minimum Gasteiger partial charge on any atom is -0.478 e. The van der Waals surface area contributed by atoms with Gasteiger partial charge in [-0.05, 0) is 43.9 Å². The predicted octanol–water partition coefficient (Wildman–Crippen LogP) is 3.96. The first-order valence-electron chi connectivity index (χ1n) is 7.32. The predicted molar refractivity (Wildman–Crippen MR) is 92.9 cm³/mol. The van der Waals surface area contributed by atoms with Crippen LogP contribution in [0.25, 0.3) is 32.3 Å². The van der Waals surface area contributed by atoms with E-state index in [1.165, 1.54) is 0 Å². The van der Waals surface area contributed by atoms with Crippen LogP contribution in [0.5, 0.6) is 0 Å². The van der Waals surface area contributed by atoms with Gasteiger partial charge in [-0.2, -0.15) is 0 Å². The van der Waals surface area contributed by atoms with E-state index < -0.39 is 13.6 Å². The van der Waals surface area contributed by atoms with Gasteiger partial charge in [-0.3, -0.25) is 4.57 Å². The zero-order valence-electron chi connectivity index (χ0n) is 12.4. The number of hydrogen-bond acceptors (Lipinski definition) is 2. The van der Waals surface area contributed by atoms with E-state index in [9.17, 15) is 24.3 Å². The fourth-order valence-corrected chi connectivity index (χ4v) is 4.14. The maximum atomic E-state index is 11.6. The van der Waals surface area contributed by atoms with Gasteiger partial charge in [0.2, 0.25) is 0 Å². The highest BCUT2D eigenvalue weighted by molar-refractivity contribution is 7.50. The summed E-state index contributed by atoms with van der Waals surface area (Å²) in [7, 11) is -4.20. The molecule has 5 nitrogen and oxygen atoms in total. The van der Waals surface area contributed by atoms with E-state index >= 15 is 0 Å². The van der Waals surface area contributed by atoms with Crippen molar-refractivity contribution in [2.45, 2.75) is 6.16 Å². The smallest absolute Gasteiger partial charge is 0.336 e. The summed E-state index contributed by atoms with van der Waals surface area (Å²) in [5.41, 5.74) is 0.786. The molecule has 0 fully saturated rings. The molecule has 6 heteroatoms. The molecule has 0 heterocycles. The molecule has 0 aliphatic carbocycles. The van der Waals surface area contributed by atoms with E-state index in [1.807, 2.05) is 24.3 Å². The van der Waals surface area contributed by atoms with Crippen molar-refractivity contribution in [2.75, 3.05) is 0 Å². The van der Waals surface area contributed by atoms with Gasteiger partial charge >= 0.3 is 13.6 Å². The van der Waals surface area contributed by atoms with E-state index in [4.69, 9.17) is 0 Å². The van der Waals surface area contributed by atoms with Crippen LogP contribution in [0, 0.1) is 0 Å². The Kier molecular flexibility index (Phi) is 3.15. The minimum absolute atomic E-state index is 0.225. The topological polar surface area (TPSA) is 94.8 Å². The molecular formula is C18H13O5P. The lowest BCUT2D eigenvalue weighted by Gasteiger charge is -2.15. The van der Waals surface area contributed by atoms with Crippen LogP contribution in [0.15, 0.2) is 48.5 Å². The lowest BCUT2D eigenvalue weighted by Crippen LogP contribution is -1.99. The zero-order valence-corrected chi connectivity index (χ0v) is 13.3. The molecule has 4 aromatic carbocycles. The van der Waals surface area contributed by atoms with Crippen LogP contribution in [0.4, 0.5) is 0 Å². The van der Waals surface area contributed by atoms with Gasteiger partial charge in [0, 0.05) is 0 Å². The summed E-state index contributed by atoms with van der Waals surface area (Å²) in [6.45, 7) is 0. The molecule has 0 saturated carbocycles. The van der Waals surface area contributed by atoms with Crippen LogP contribution in [0.1, 0.15) is 15.9 Å². The summed E-state index contributed by atoms with van der Waals surface area (Å²) in [4.78, 5) is 30.2. The van der Waals surface area contributed by atoms with Crippen molar-refractivity contribution in [1.82, 2.24) is 0 Å². The molecule has 0 unspecified atom stereocenters. The summed E-state index contributed by atoms with van der Waals surface area (Å²) in [6, 6.07) is 14.2. The number of aromatic carboxylic acids is 1. The molecular weight excluding hydrogens is 327 g/mol. The van der Waals surface area contributed by atoms with Crippen molar-refractivity contribution >= 4 is 45.9 Å². The maximum Gasteiger partial charge on any atom is 0.336 e. The molecule has 0 saturated heterocycles. The van der Waals surface area contributed by atoms with Gasteiger partial charge in [-0.15, -0.1) is 0 Å². The van der Waals surface area contributed by atoms with Crippen molar-refractivity contribution in [3.8, 4) is 0 Å². The van der Waals surface area contributed by atoms with E-state index in [-0.39, 0.29) is 11.7 Å². The Morgan fingerprint density at radius 2 is 1.62 bits per heavy atom. The zero-order chi connectivity index (χ0) is 17.1. The van der Waals surface area contributed by atoms with Crippen LogP contribution < -0.4 is 0 Å². The second kappa shape index (κ2) is 5.02. The first kappa shape index (κ1) is 15.1. The third-order valence-electron chi connectivity index (χ3n) is 4.34. The summed E-state index contributed by atoms with van der Waals surface area (Å²) in [6.07, 6.45) is -0.340. The van der Waals surface area contributed by atoms with Gasteiger partial charge in [0.25, 0.3) is 0 Å². The Morgan fingerprint density at radius 1 is 0.917 bits per heavy atom. The van der Waals surface area contributed by atoms with Crippen LogP contribution >= 0.6 is 7.60 Å². The number of rotatable bonds is 3. The van der Waals surface area contributed by atoms with Crippen LogP contribution in [-0.4, -0.2) is 20.9 Å². The molecule has 0 aliphatic rings. The normalized spacial score (nSPS) is 12.4. The van der Waals surface area contributed by atoms with Crippen molar-refractivity contribution in [1.29, 1.82) is 0 Å². The SMILES string of the molecule is O=C(O)c1cc2ccc(CP(=O)(O)O)c3ccc4cccc1c4c23. The summed E-state index contributed by atoms with van der Waals surface area (Å²) >= 11 is 0. The van der Waals surface area contributed by atoms with Gasteiger partial charge in [0.1, 0.15) is 0 Å². The number of hydrogen-bond donors (Lipinski definition) is 3. The summed E-state index contributed by atoms with van der Waals surface area (Å²) < 4.78 is 11.4. The largest absolute Gasteiger partial charge is 0.478 e. The third-order valence-corrected chi connectivity index (χ3v) is 5.09. The van der Waals surface area contributed by atoms with Crippen molar-refractivity contribution in [2.24, 2.45) is 0 Å². The fourth-order valence-electron chi connectivity index (χ4n) is 3.42. The standard InChI is InChI=1S/C18H13O5P/c19-18(20)15-8-11-4-5-12(9-24(21,22)23)13-7-6-10-2-1-3-14(15)16(10)17(11)13/h1-8H,9H2,(H,19,20)(H2,21,22,23). The Bertz CT molecular complexity index is 1160. The van der Waals surface area contributed by atoms with Gasteiger partial charge < -0.3 is 14.9 Å². The minimum atomic E-state index is -4.20. The maximum absolute atomic E-state index is 11.6. The average molecular weight is 340 g/mol. The molecule has 0 aliphatic heterocycles. The van der Waals surface area contributed by atoms with Crippen molar-refractivity contribution in [3.05, 3.63) is 59.7 Å². The second-order valence-electron chi connectivity index (χ2n) is 5.89. The van der Waals surface area contributed by atoms with E-state index in [2.05, 4.69) is 0 Å². The van der Waals surface area contributed by atoms with E-state index in [0.29, 0.717) is 10.9 Å². The molecule has 0 atom stereocenters. The number of carboxylic acid groups (broad SMARTS) is 1. The molecule has 24 heavy (non-hydrogen) atoms. The Morgan fingerprint density at radius 3 is 2.33 bits per heavy atom. The van der Waals surface area contributed by atoms with Gasteiger partial charge in [-0.25, -0.2) is 4.79 Å². The number of carbonyl (C=O) groups is 1. The molecule has 120 valence electrons. The number of carboxylic acids is 1. The van der Waals surface area contributed by atoms with Crippen LogP contribution in [-0.2, 0) is 10.7 Å². The first-order valence-corrected chi connectivity index (χ1v) is 9.12. The fraction of sp³-hybridized carbons (Fsp3) is 0.0556. The Hall–Kier alpha value is -2.46. The Labute approximate surface area is 136 Å². The lowest BCUT2D eigenvalue weighted by atomic mass is 9.90. The summed E-state index contributed by atoms with van der Waals surface area (Å²) in [5.74, 6) is -0.996. The average Bonchev–Trinajstić information content (AvgIpc) is 2.52. The van der Waals surface area contributed by atoms with Gasteiger partial charge in [-0.1, -0.05) is 42.5 Å². The molecule has 0 amide bonds. The molecule has 3 N–H and O–H groups in total. The lowest BCUT2D eigenvalue weighted by molar-refractivity contribution is 0.0699. The quantitative estimate of drug-likeness (QED) is 0.388. The van der Waals surface area contributed by atoms with Crippen LogP contribution in [0.3, 0.4) is 0 Å². The molecule has 4 aromatic rings. The highest BCUT2D eigenvalue weighted by Gasteiger charge is 2.20. The summed E-state index contributed by atoms with van der Waals surface area (Å²) in [5, 5.41) is 14.2. The molecule has 0 aromatic heterocycles. The highest BCUT2D eigenvalue weighted by atomic mass is 31.2. The van der Waals surface area contributed by atoms with Crippen LogP contribution in [0.2, 0.25) is 0 Å². The molecule has 0 radical (unpaired) electrons. The highest BCUT2D eigenvalue weighted by Crippen LogP contribution is 2.44. The molecule has 4 rings (SSSR count). The van der Waals surface area contributed by atoms with Gasteiger partial charge in [0.05, 0.1) is 11.7 Å². The van der Waals surface area contributed by atoms with Gasteiger partial charge in [0.15, 0.2) is 0 Å². The number of benzene rings is 4. The Balaban J connectivity index is 2.20. The second-order valence-corrected chi connectivity index (χ2v) is 7.54. The molecule has 0 spiro atoms. The monoisotopic (exact) mass is 340 g/mol. The van der Waals surface area contributed by atoms with Crippen molar-refractivity contribution in [3.63, 3.8) is 0 Å².